The molecule has 142 valence electrons. The van der Waals surface area contributed by atoms with Gasteiger partial charge in [0.05, 0.1) is 18.1 Å². The highest BCUT2D eigenvalue weighted by Crippen LogP contribution is 2.27. The molecule has 1 saturated heterocycles. The molecule has 3 heterocycles. The number of carbonyl (C=O) groups excluding carboxylic acids is 2. The lowest BCUT2D eigenvalue weighted by molar-refractivity contribution is -0.130. The van der Waals surface area contributed by atoms with Crippen molar-refractivity contribution in [3.63, 3.8) is 0 Å². The first-order chi connectivity index (χ1) is 13.2. The molecule has 27 heavy (non-hydrogen) atoms. The second-order valence-electron chi connectivity index (χ2n) is 7.15. The summed E-state index contributed by atoms with van der Waals surface area (Å²) in [5.41, 5.74) is 2.32. The van der Waals surface area contributed by atoms with E-state index in [0.717, 1.165) is 36.3 Å². The summed E-state index contributed by atoms with van der Waals surface area (Å²) in [5.74, 6) is 0.136. The van der Waals surface area contributed by atoms with Crippen LogP contribution in [0.25, 0.3) is 0 Å². The molecule has 2 aliphatic rings. The van der Waals surface area contributed by atoms with E-state index in [1.807, 2.05) is 41.3 Å². The van der Waals surface area contributed by atoms with Gasteiger partial charge >= 0.3 is 0 Å². The molecular formula is C21H24N2O3S. The molecule has 1 unspecified atom stereocenters. The van der Waals surface area contributed by atoms with Crippen LogP contribution in [0.3, 0.4) is 0 Å². The number of likely N-dealkylation sites (tertiary alicyclic amines) is 1. The zero-order valence-electron chi connectivity index (χ0n) is 15.3. The first-order valence-corrected chi connectivity index (χ1v) is 10.3. The normalized spacial score (nSPS) is 19.0. The number of thiophene rings is 1. The summed E-state index contributed by atoms with van der Waals surface area (Å²) in [6, 6.07) is 12.1. The van der Waals surface area contributed by atoms with Gasteiger partial charge < -0.3 is 15.0 Å². The second kappa shape index (κ2) is 8.23. The summed E-state index contributed by atoms with van der Waals surface area (Å²) in [6.45, 7) is 2.66. The fourth-order valence-corrected chi connectivity index (χ4v) is 4.73. The van der Waals surface area contributed by atoms with Crippen LogP contribution < -0.4 is 5.32 Å². The van der Waals surface area contributed by atoms with Crippen molar-refractivity contribution < 1.29 is 14.3 Å². The third-order valence-electron chi connectivity index (χ3n) is 5.20. The third kappa shape index (κ3) is 4.39. The molecule has 2 aliphatic heterocycles. The number of hydrogen-bond acceptors (Lipinski definition) is 4. The predicted octanol–water partition coefficient (Wildman–Crippen LogP) is 2.78. The van der Waals surface area contributed by atoms with Gasteiger partial charge in [0.2, 0.25) is 5.91 Å². The van der Waals surface area contributed by atoms with E-state index < -0.39 is 0 Å². The number of ether oxygens (including phenoxy) is 1. The molecule has 0 saturated carbocycles. The Balaban J connectivity index is 1.27. The average Bonchev–Trinajstić information content (AvgIpc) is 3.34. The molecule has 1 N–H and O–H groups in total. The number of nitrogens with one attached hydrogen (secondary N) is 1. The average molecular weight is 385 g/mol. The van der Waals surface area contributed by atoms with Crippen LogP contribution in [-0.4, -0.2) is 42.5 Å². The zero-order valence-corrected chi connectivity index (χ0v) is 16.1. The van der Waals surface area contributed by atoms with Crippen LogP contribution in [0.15, 0.2) is 36.4 Å². The van der Waals surface area contributed by atoms with Crippen molar-refractivity contribution in [3.8, 4) is 0 Å². The largest absolute Gasteiger partial charge is 0.376 e. The molecule has 0 radical (unpaired) electrons. The number of fused-ring (bicyclic) bond motifs is 1. The van der Waals surface area contributed by atoms with E-state index in [-0.39, 0.29) is 17.9 Å². The van der Waals surface area contributed by atoms with Gasteiger partial charge in [-0.15, -0.1) is 11.3 Å². The maximum Gasteiger partial charge on any atom is 0.261 e. The molecule has 2 amide bonds. The number of nitrogens with zero attached hydrogens (tertiary/aromatic N) is 1. The first-order valence-electron chi connectivity index (χ1n) is 9.51. The topological polar surface area (TPSA) is 58.6 Å². The summed E-state index contributed by atoms with van der Waals surface area (Å²) in [7, 11) is 0. The molecular weight excluding hydrogens is 360 g/mol. The summed E-state index contributed by atoms with van der Waals surface area (Å²) in [4.78, 5) is 28.9. The standard InChI is InChI=1S/C21H24N2O3S/c24-20(7-6-15-4-2-1-3-5-15)23-10-8-17(13-23)22-21(25)19-12-16-14-26-11-9-18(16)27-19/h1-5,12,17H,6-11,13-14H2,(H,22,25). The summed E-state index contributed by atoms with van der Waals surface area (Å²) in [6.07, 6.45) is 2.98. The molecule has 1 aromatic carbocycles. The van der Waals surface area contributed by atoms with E-state index >= 15 is 0 Å². The first kappa shape index (κ1) is 18.2. The van der Waals surface area contributed by atoms with Crippen molar-refractivity contribution in [2.24, 2.45) is 0 Å². The highest BCUT2D eigenvalue weighted by atomic mass is 32.1. The molecule has 2 aromatic rings. The number of aryl methyl sites for hydroxylation is 1. The highest BCUT2D eigenvalue weighted by molar-refractivity contribution is 7.14. The maximum absolute atomic E-state index is 12.6. The molecule has 0 spiro atoms. The molecule has 1 aromatic heterocycles. The van der Waals surface area contributed by atoms with E-state index in [4.69, 9.17) is 4.74 Å². The van der Waals surface area contributed by atoms with E-state index in [0.29, 0.717) is 26.1 Å². The fourth-order valence-electron chi connectivity index (χ4n) is 3.67. The minimum atomic E-state index is -0.0296. The lowest BCUT2D eigenvalue weighted by Gasteiger charge is -2.17. The highest BCUT2D eigenvalue weighted by Gasteiger charge is 2.28. The van der Waals surface area contributed by atoms with Gasteiger partial charge in [-0.1, -0.05) is 30.3 Å². The Kier molecular flexibility index (Phi) is 5.55. The number of rotatable bonds is 5. The van der Waals surface area contributed by atoms with Crippen molar-refractivity contribution in [1.29, 1.82) is 0 Å². The molecule has 1 fully saturated rings. The number of hydrogen-bond donors (Lipinski definition) is 1. The molecule has 4 rings (SSSR count). The van der Waals surface area contributed by atoms with Gasteiger partial charge in [-0.25, -0.2) is 0 Å². The van der Waals surface area contributed by atoms with Crippen LogP contribution >= 0.6 is 11.3 Å². The van der Waals surface area contributed by atoms with Crippen LogP contribution in [0.4, 0.5) is 0 Å². The quantitative estimate of drug-likeness (QED) is 0.862. The smallest absolute Gasteiger partial charge is 0.261 e. The van der Waals surface area contributed by atoms with Gasteiger partial charge in [0.15, 0.2) is 0 Å². The predicted molar refractivity (Wildman–Crippen MR) is 105 cm³/mol. The van der Waals surface area contributed by atoms with Gasteiger partial charge in [0, 0.05) is 36.9 Å². The van der Waals surface area contributed by atoms with Gasteiger partial charge in [0.25, 0.3) is 5.91 Å². The monoisotopic (exact) mass is 384 g/mol. The Hall–Kier alpha value is -2.18. The van der Waals surface area contributed by atoms with Crippen LogP contribution in [0.5, 0.6) is 0 Å². The lowest BCUT2D eigenvalue weighted by atomic mass is 10.1. The van der Waals surface area contributed by atoms with Crippen LogP contribution in [0.2, 0.25) is 0 Å². The van der Waals surface area contributed by atoms with Gasteiger partial charge in [-0.2, -0.15) is 0 Å². The van der Waals surface area contributed by atoms with Crippen LogP contribution in [-0.2, 0) is 29.0 Å². The Labute approximate surface area is 163 Å². The van der Waals surface area contributed by atoms with Gasteiger partial charge in [0.1, 0.15) is 0 Å². The van der Waals surface area contributed by atoms with E-state index in [2.05, 4.69) is 5.32 Å². The summed E-state index contributed by atoms with van der Waals surface area (Å²) in [5, 5.41) is 3.10. The van der Waals surface area contributed by atoms with Crippen molar-refractivity contribution >= 4 is 23.2 Å². The minimum Gasteiger partial charge on any atom is -0.376 e. The maximum atomic E-state index is 12.6. The Morgan fingerprint density at radius 2 is 2.11 bits per heavy atom. The lowest BCUT2D eigenvalue weighted by Crippen LogP contribution is -2.38. The van der Waals surface area contributed by atoms with Crippen LogP contribution in [0, 0.1) is 0 Å². The third-order valence-corrected chi connectivity index (χ3v) is 6.43. The van der Waals surface area contributed by atoms with Crippen molar-refractivity contribution in [2.45, 2.75) is 38.3 Å². The van der Waals surface area contributed by atoms with E-state index in [1.165, 1.54) is 10.4 Å². The SMILES string of the molecule is O=C(NC1CCN(C(=O)CCc2ccccc2)C1)c1cc2c(s1)CCOC2. The number of amides is 2. The van der Waals surface area contributed by atoms with Crippen molar-refractivity contribution in [1.82, 2.24) is 10.2 Å². The fraction of sp³-hybridized carbons (Fsp3) is 0.429. The van der Waals surface area contributed by atoms with Crippen molar-refractivity contribution in [2.75, 3.05) is 19.7 Å². The van der Waals surface area contributed by atoms with Crippen molar-refractivity contribution in [3.05, 3.63) is 57.3 Å². The minimum absolute atomic E-state index is 0.0296. The molecule has 6 heteroatoms. The molecule has 1 atom stereocenters. The van der Waals surface area contributed by atoms with E-state index in [9.17, 15) is 9.59 Å². The Morgan fingerprint density at radius 3 is 2.93 bits per heavy atom. The zero-order chi connectivity index (χ0) is 18.6. The molecule has 0 bridgehead atoms. The van der Waals surface area contributed by atoms with Gasteiger partial charge in [-0.05, 0) is 30.0 Å². The Bertz CT molecular complexity index is 795. The van der Waals surface area contributed by atoms with E-state index in [1.54, 1.807) is 11.3 Å². The summed E-state index contributed by atoms with van der Waals surface area (Å²) < 4.78 is 5.45. The summed E-state index contributed by atoms with van der Waals surface area (Å²) >= 11 is 1.57. The van der Waals surface area contributed by atoms with Crippen LogP contribution in [0.1, 0.15) is 38.5 Å². The number of carbonyl (C=O) groups is 2. The number of benzene rings is 1. The molecule has 5 nitrogen and oxygen atoms in total. The second-order valence-corrected chi connectivity index (χ2v) is 8.28. The Morgan fingerprint density at radius 1 is 1.26 bits per heavy atom. The molecule has 0 aliphatic carbocycles. The van der Waals surface area contributed by atoms with Gasteiger partial charge in [-0.3, -0.25) is 9.59 Å².